The van der Waals surface area contributed by atoms with Gasteiger partial charge in [0.15, 0.2) is 0 Å². The van der Waals surface area contributed by atoms with E-state index in [9.17, 15) is 5.11 Å². The van der Waals surface area contributed by atoms with Crippen molar-refractivity contribution < 1.29 is 9.52 Å². The maximum atomic E-state index is 10.0. The molecule has 0 spiro atoms. The zero-order valence-corrected chi connectivity index (χ0v) is 9.99. The molecule has 1 unspecified atom stereocenters. The van der Waals surface area contributed by atoms with Crippen LogP contribution in [-0.2, 0) is 0 Å². The Morgan fingerprint density at radius 3 is 2.69 bits per heavy atom. The lowest BCUT2D eigenvalue weighted by molar-refractivity contribution is 0.105. The molecule has 4 nitrogen and oxygen atoms in total. The number of piperidine rings is 1. The van der Waals surface area contributed by atoms with E-state index in [1.54, 1.807) is 0 Å². The van der Waals surface area contributed by atoms with Crippen LogP contribution >= 0.6 is 0 Å². The minimum Gasteiger partial charge on any atom is -0.443 e. The highest BCUT2D eigenvalue weighted by atomic mass is 16.4. The lowest BCUT2D eigenvalue weighted by Gasteiger charge is -2.23. The molecule has 1 saturated heterocycles. The summed E-state index contributed by atoms with van der Waals surface area (Å²) >= 11 is 0. The minimum absolute atomic E-state index is 0.480. The monoisotopic (exact) mass is 224 g/mol. The molecule has 0 amide bonds. The highest BCUT2D eigenvalue weighted by Crippen LogP contribution is 2.26. The van der Waals surface area contributed by atoms with Crippen molar-refractivity contribution in [3.8, 4) is 0 Å². The molecule has 2 heterocycles. The molecule has 1 atom stereocenters. The Morgan fingerprint density at radius 1 is 1.44 bits per heavy atom. The number of hydrogen-bond donors (Lipinski definition) is 2. The van der Waals surface area contributed by atoms with Crippen molar-refractivity contribution in [2.45, 2.75) is 39.2 Å². The Balaban J connectivity index is 1.93. The standard InChI is InChI=1S/C12H20N2O2/c1-8-9(2)16-12(14-8)11(15)7-10-3-5-13-6-4-10/h10-11,13,15H,3-7H2,1-2H3. The first-order chi connectivity index (χ1) is 7.66. The van der Waals surface area contributed by atoms with E-state index in [2.05, 4.69) is 10.3 Å². The average Bonchev–Trinajstić information content (AvgIpc) is 2.61. The smallest absolute Gasteiger partial charge is 0.223 e. The number of oxazole rings is 1. The Hall–Kier alpha value is -0.870. The van der Waals surface area contributed by atoms with Gasteiger partial charge in [0.25, 0.3) is 0 Å². The molecule has 0 saturated carbocycles. The molecule has 2 N–H and O–H groups in total. The fraction of sp³-hybridized carbons (Fsp3) is 0.750. The fourth-order valence-electron chi connectivity index (χ4n) is 2.17. The molecule has 0 bridgehead atoms. The largest absolute Gasteiger partial charge is 0.443 e. The number of aryl methyl sites for hydroxylation is 2. The van der Waals surface area contributed by atoms with E-state index >= 15 is 0 Å². The van der Waals surface area contributed by atoms with E-state index < -0.39 is 6.10 Å². The summed E-state index contributed by atoms with van der Waals surface area (Å²) in [4.78, 5) is 4.24. The molecule has 0 aromatic carbocycles. The summed E-state index contributed by atoms with van der Waals surface area (Å²) < 4.78 is 5.44. The first kappa shape index (κ1) is 11.6. The van der Waals surface area contributed by atoms with E-state index in [0.29, 0.717) is 11.8 Å². The third kappa shape index (κ3) is 2.62. The number of rotatable bonds is 3. The van der Waals surface area contributed by atoms with Gasteiger partial charge in [-0.15, -0.1) is 0 Å². The Kier molecular flexibility index (Phi) is 3.61. The molecule has 1 fully saturated rings. The molecule has 1 aliphatic rings. The predicted molar refractivity (Wildman–Crippen MR) is 61.1 cm³/mol. The van der Waals surface area contributed by atoms with Crippen LogP contribution in [0.2, 0.25) is 0 Å². The Morgan fingerprint density at radius 2 is 2.12 bits per heavy atom. The summed E-state index contributed by atoms with van der Waals surface area (Å²) in [6.45, 7) is 5.89. The van der Waals surface area contributed by atoms with E-state index in [-0.39, 0.29) is 0 Å². The molecule has 4 heteroatoms. The molecule has 1 aliphatic heterocycles. The van der Waals surface area contributed by atoms with Gasteiger partial charge in [-0.05, 0) is 52.1 Å². The van der Waals surface area contributed by atoms with Gasteiger partial charge in [-0.2, -0.15) is 0 Å². The van der Waals surface area contributed by atoms with E-state index in [1.807, 2.05) is 13.8 Å². The summed E-state index contributed by atoms with van der Waals surface area (Å²) in [5, 5.41) is 13.4. The van der Waals surface area contributed by atoms with Gasteiger partial charge in [0.05, 0.1) is 5.69 Å². The van der Waals surface area contributed by atoms with Crippen molar-refractivity contribution in [2.24, 2.45) is 5.92 Å². The van der Waals surface area contributed by atoms with Crippen LogP contribution in [0, 0.1) is 19.8 Å². The highest BCUT2D eigenvalue weighted by molar-refractivity contribution is 5.06. The maximum Gasteiger partial charge on any atom is 0.223 e. The van der Waals surface area contributed by atoms with Crippen molar-refractivity contribution in [3.63, 3.8) is 0 Å². The molecular weight excluding hydrogens is 204 g/mol. The average molecular weight is 224 g/mol. The molecule has 1 aromatic heterocycles. The molecule has 1 aromatic rings. The third-order valence-electron chi connectivity index (χ3n) is 3.35. The van der Waals surface area contributed by atoms with Gasteiger partial charge in [-0.1, -0.05) is 0 Å². The van der Waals surface area contributed by atoms with Crippen molar-refractivity contribution in [2.75, 3.05) is 13.1 Å². The minimum atomic E-state index is -0.546. The molecule has 0 radical (unpaired) electrons. The van der Waals surface area contributed by atoms with Crippen molar-refractivity contribution >= 4 is 0 Å². The lowest BCUT2D eigenvalue weighted by atomic mass is 9.92. The van der Waals surface area contributed by atoms with Gasteiger partial charge in [-0.25, -0.2) is 4.98 Å². The zero-order valence-electron chi connectivity index (χ0n) is 9.99. The van der Waals surface area contributed by atoms with Crippen molar-refractivity contribution in [3.05, 3.63) is 17.3 Å². The van der Waals surface area contributed by atoms with E-state index in [0.717, 1.165) is 43.8 Å². The Bertz CT molecular complexity index is 323. The van der Waals surface area contributed by atoms with Crippen LogP contribution in [0.25, 0.3) is 0 Å². The van der Waals surface area contributed by atoms with Crippen LogP contribution in [0.5, 0.6) is 0 Å². The number of aliphatic hydroxyl groups is 1. The number of aliphatic hydroxyl groups excluding tert-OH is 1. The van der Waals surface area contributed by atoms with Gasteiger partial charge in [0.2, 0.25) is 5.89 Å². The maximum absolute atomic E-state index is 10.0. The van der Waals surface area contributed by atoms with Crippen LogP contribution < -0.4 is 5.32 Å². The first-order valence-corrected chi connectivity index (χ1v) is 5.99. The summed E-state index contributed by atoms with van der Waals surface area (Å²) in [5.41, 5.74) is 0.874. The first-order valence-electron chi connectivity index (χ1n) is 5.99. The quantitative estimate of drug-likeness (QED) is 0.820. The molecule has 90 valence electrons. The van der Waals surface area contributed by atoms with E-state index in [4.69, 9.17) is 4.42 Å². The highest BCUT2D eigenvalue weighted by Gasteiger charge is 2.22. The molecule has 16 heavy (non-hydrogen) atoms. The van der Waals surface area contributed by atoms with Gasteiger partial charge in [0, 0.05) is 0 Å². The topological polar surface area (TPSA) is 58.3 Å². The molecule has 2 rings (SSSR count). The van der Waals surface area contributed by atoms with Crippen LogP contribution in [0.3, 0.4) is 0 Å². The number of nitrogens with one attached hydrogen (secondary N) is 1. The lowest BCUT2D eigenvalue weighted by Crippen LogP contribution is -2.28. The van der Waals surface area contributed by atoms with Gasteiger partial charge in [-0.3, -0.25) is 0 Å². The predicted octanol–water partition coefficient (Wildman–Crippen LogP) is 1.71. The summed E-state index contributed by atoms with van der Waals surface area (Å²) in [6.07, 6.45) is 2.49. The summed E-state index contributed by atoms with van der Waals surface area (Å²) in [6, 6.07) is 0. The van der Waals surface area contributed by atoms with Crippen LogP contribution in [0.1, 0.15) is 42.7 Å². The van der Waals surface area contributed by atoms with Gasteiger partial charge >= 0.3 is 0 Å². The molecular formula is C12H20N2O2. The number of hydrogen-bond acceptors (Lipinski definition) is 4. The number of nitrogens with zero attached hydrogens (tertiary/aromatic N) is 1. The normalized spacial score (nSPS) is 19.9. The van der Waals surface area contributed by atoms with Crippen molar-refractivity contribution in [1.82, 2.24) is 10.3 Å². The van der Waals surface area contributed by atoms with Crippen LogP contribution in [0.15, 0.2) is 4.42 Å². The van der Waals surface area contributed by atoms with Gasteiger partial charge in [0.1, 0.15) is 11.9 Å². The number of aromatic nitrogens is 1. The second kappa shape index (κ2) is 4.97. The molecule has 0 aliphatic carbocycles. The van der Waals surface area contributed by atoms with Crippen LogP contribution in [-0.4, -0.2) is 23.2 Å². The second-order valence-electron chi connectivity index (χ2n) is 4.64. The van der Waals surface area contributed by atoms with Crippen LogP contribution in [0.4, 0.5) is 0 Å². The SMILES string of the molecule is Cc1nc(C(O)CC2CCNCC2)oc1C. The second-order valence-corrected chi connectivity index (χ2v) is 4.64. The fourth-order valence-corrected chi connectivity index (χ4v) is 2.17. The van der Waals surface area contributed by atoms with Gasteiger partial charge < -0.3 is 14.8 Å². The van der Waals surface area contributed by atoms with E-state index in [1.165, 1.54) is 0 Å². The summed E-state index contributed by atoms with van der Waals surface area (Å²) in [5.74, 6) is 1.87. The third-order valence-corrected chi connectivity index (χ3v) is 3.35. The Labute approximate surface area is 96.1 Å². The zero-order chi connectivity index (χ0) is 11.5. The van der Waals surface area contributed by atoms with Crippen molar-refractivity contribution in [1.29, 1.82) is 0 Å². The summed E-state index contributed by atoms with van der Waals surface area (Å²) in [7, 11) is 0.